The molecule has 1 N–H and O–H groups in total. The van der Waals surface area contributed by atoms with Crippen LogP contribution >= 0.6 is 0 Å². The van der Waals surface area contributed by atoms with Gasteiger partial charge in [-0.3, -0.25) is 0 Å². The third kappa shape index (κ3) is 6.23. The maximum absolute atomic E-state index is 11.5. The Labute approximate surface area is 184 Å². The van der Waals surface area contributed by atoms with Gasteiger partial charge < -0.3 is 5.11 Å². The van der Waals surface area contributed by atoms with Gasteiger partial charge in [-0.05, 0) is 30.0 Å². The second kappa shape index (κ2) is 11.4. The summed E-state index contributed by atoms with van der Waals surface area (Å²) in [6.07, 6.45) is 10.2. The Morgan fingerprint density at radius 1 is 1.00 bits per heavy atom. The van der Waals surface area contributed by atoms with E-state index in [2.05, 4.69) is 23.5 Å². The maximum atomic E-state index is 11.5. The molecule has 2 aromatic heterocycles. The highest BCUT2D eigenvalue weighted by Gasteiger charge is 2.14. The number of carboxylic acid groups (broad SMARTS) is 1. The van der Waals surface area contributed by atoms with E-state index in [1.165, 1.54) is 31.9 Å². The van der Waals surface area contributed by atoms with Gasteiger partial charge >= 0.3 is 5.97 Å². The molecule has 3 rings (SSSR count). The molecular formula is C25H32N4O2. The van der Waals surface area contributed by atoms with Gasteiger partial charge in [0.15, 0.2) is 11.5 Å². The molecule has 0 fully saturated rings. The van der Waals surface area contributed by atoms with Crippen molar-refractivity contribution in [2.75, 3.05) is 0 Å². The number of unbranched alkanes of at least 4 members (excludes halogenated alkanes) is 4. The van der Waals surface area contributed by atoms with Crippen LogP contribution in [-0.4, -0.2) is 30.8 Å². The zero-order valence-corrected chi connectivity index (χ0v) is 18.5. The number of aromatic carboxylic acids is 1. The molecule has 6 nitrogen and oxygen atoms in total. The fourth-order valence-electron chi connectivity index (χ4n) is 3.68. The largest absolute Gasteiger partial charge is 0.476 e. The van der Waals surface area contributed by atoms with E-state index in [1.807, 2.05) is 24.3 Å². The molecule has 0 spiro atoms. The molecule has 0 radical (unpaired) electrons. The highest BCUT2D eigenvalue weighted by atomic mass is 16.4. The Kier molecular flexibility index (Phi) is 8.33. The normalized spacial score (nSPS) is 11.0. The smallest absolute Gasteiger partial charge is 0.355 e. The molecule has 2 heterocycles. The number of rotatable bonds is 12. The monoisotopic (exact) mass is 420 g/mol. The average Bonchev–Trinajstić information content (AvgIpc) is 3.16. The molecular weight excluding hydrogens is 388 g/mol. The van der Waals surface area contributed by atoms with Gasteiger partial charge in [0.2, 0.25) is 0 Å². The van der Waals surface area contributed by atoms with Crippen molar-refractivity contribution in [1.82, 2.24) is 19.7 Å². The van der Waals surface area contributed by atoms with Crippen molar-refractivity contribution in [1.29, 1.82) is 0 Å². The number of pyridine rings is 1. The van der Waals surface area contributed by atoms with Crippen LogP contribution in [0.1, 0.15) is 80.1 Å². The predicted molar refractivity (Wildman–Crippen MR) is 122 cm³/mol. The standard InChI is InChI=1S/C25H32N4O2/c1-3-5-7-11-22-27-23(29(28-22)17-8-6-4-2)18-19-12-14-20(15-13-19)21-10-9-16-26-24(21)25(30)31/h9-10,12-16H,3-8,11,17-18H2,1-2H3,(H,30,31). The molecule has 0 aliphatic rings. The Bertz CT molecular complexity index is 979. The van der Waals surface area contributed by atoms with Crippen molar-refractivity contribution in [2.45, 2.75) is 71.8 Å². The Hall–Kier alpha value is -3.02. The van der Waals surface area contributed by atoms with E-state index < -0.39 is 5.97 Å². The molecule has 0 unspecified atom stereocenters. The van der Waals surface area contributed by atoms with Gasteiger partial charge in [0.1, 0.15) is 5.82 Å². The first kappa shape index (κ1) is 22.7. The minimum atomic E-state index is -1.02. The van der Waals surface area contributed by atoms with Crippen molar-refractivity contribution < 1.29 is 9.90 Å². The SMILES string of the molecule is CCCCCc1nc(Cc2ccc(-c3cccnc3C(=O)O)cc2)n(CCCCC)n1. The van der Waals surface area contributed by atoms with Crippen molar-refractivity contribution >= 4 is 5.97 Å². The van der Waals surface area contributed by atoms with Crippen LogP contribution in [0.25, 0.3) is 11.1 Å². The third-order valence-corrected chi connectivity index (χ3v) is 5.41. The lowest BCUT2D eigenvalue weighted by Gasteiger charge is -2.08. The first-order chi connectivity index (χ1) is 15.1. The summed E-state index contributed by atoms with van der Waals surface area (Å²) in [4.78, 5) is 20.3. The molecule has 0 aliphatic carbocycles. The minimum Gasteiger partial charge on any atom is -0.476 e. The van der Waals surface area contributed by atoms with E-state index in [9.17, 15) is 9.90 Å². The van der Waals surface area contributed by atoms with Gasteiger partial charge in [-0.25, -0.2) is 19.4 Å². The Balaban J connectivity index is 1.77. The highest BCUT2D eigenvalue weighted by molar-refractivity contribution is 5.93. The van der Waals surface area contributed by atoms with Crippen LogP contribution in [0.4, 0.5) is 0 Å². The molecule has 1 aromatic carbocycles. The Morgan fingerprint density at radius 2 is 1.74 bits per heavy atom. The zero-order valence-electron chi connectivity index (χ0n) is 18.5. The Morgan fingerprint density at radius 3 is 2.45 bits per heavy atom. The van der Waals surface area contributed by atoms with Crippen molar-refractivity contribution in [2.24, 2.45) is 0 Å². The minimum absolute atomic E-state index is 0.0719. The summed E-state index contributed by atoms with van der Waals surface area (Å²) in [6, 6.07) is 11.5. The van der Waals surface area contributed by atoms with Crippen molar-refractivity contribution in [3.05, 3.63) is 65.5 Å². The molecule has 0 aliphatic heterocycles. The lowest BCUT2D eigenvalue weighted by Crippen LogP contribution is -2.07. The van der Waals surface area contributed by atoms with Crippen LogP contribution in [0.15, 0.2) is 42.6 Å². The molecule has 0 saturated carbocycles. The van der Waals surface area contributed by atoms with E-state index in [4.69, 9.17) is 10.1 Å². The zero-order chi connectivity index (χ0) is 22.1. The van der Waals surface area contributed by atoms with Crippen molar-refractivity contribution in [3.63, 3.8) is 0 Å². The van der Waals surface area contributed by atoms with Gasteiger partial charge in [-0.1, -0.05) is 69.9 Å². The number of aromatic nitrogens is 4. The van der Waals surface area contributed by atoms with Gasteiger partial charge in [0, 0.05) is 31.1 Å². The van der Waals surface area contributed by atoms with Crippen molar-refractivity contribution in [3.8, 4) is 11.1 Å². The highest BCUT2D eigenvalue weighted by Crippen LogP contribution is 2.23. The van der Waals surface area contributed by atoms with E-state index >= 15 is 0 Å². The molecule has 6 heteroatoms. The summed E-state index contributed by atoms with van der Waals surface area (Å²) in [5, 5.41) is 14.2. The van der Waals surface area contributed by atoms with Gasteiger partial charge in [-0.2, -0.15) is 5.10 Å². The second-order valence-corrected chi connectivity index (χ2v) is 7.91. The maximum Gasteiger partial charge on any atom is 0.355 e. The van der Waals surface area contributed by atoms with Gasteiger partial charge in [-0.15, -0.1) is 0 Å². The number of nitrogens with zero attached hydrogens (tertiary/aromatic N) is 4. The topological polar surface area (TPSA) is 80.9 Å². The molecule has 164 valence electrons. The summed E-state index contributed by atoms with van der Waals surface area (Å²) in [7, 11) is 0. The summed E-state index contributed by atoms with van der Waals surface area (Å²) >= 11 is 0. The number of benzene rings is 1. The number of hydrogen-bond donors (Lipinski definition) is 1. The molecule has 0 bridgehead atoms. The van der Waals surface area contributed by atoms with Gasteiger partial charge in [0.05, 0.1) is 0 Å². The molecule has 0 saturated heterocycles. The number of aryl methyl sites for hydroxylation is 2. The van der Waals surface area contributed by atoms with Crippen LogP contribution < -0.4 is 0 Å². The molecule has 0 atom stereocenters. The fraction of sp³-hybridized carbons (Fsp3) is 0.440. The first-order valence-electron chi connectivity index (χ1n) is 11.3. The quantitative estimate of drug-likeness (QED) is 0.388. The van der Waals surface area contributed by atoms with E-state index in [-0.39, 0.29) is 5.69 Å². The van der Waals surface area contributed by atoms with E-state index in [0.717, 1.165) is 48.6 Å². The van der Waals surface area contributed by atoms with E-state index in [0.29, 0.717) is 12.0 Å². The van der Waals surface area contributed by atoms with Gasteiger partial charge in [0.25, 0.3) is 0 Å². The second-order valence-electron chi connectivity index (χ2n) is 7.91. The summed E-state index contributed by atoms with van der Waals surface area (Å²) in [5.74, 6) is 0.927. The lowest BCUT2D eigenvalue weighted by molar-refractivity contribution is 0.0691. The van der Waals surface area contributed by atoms with Crippen LogP contribution in [0, 0.1) is 0 Å². The van der Waals surface area contributed by atoms with Crippen LogP contribution in [0.2, 0.25) is 0 Å². The number of hydrogen-bond acceptors (Lipinski definition) is 4. The van der Waals surface area contributed by atoms with E-state index in [1.54, 1.807) is 12.1 Å². The summed E-state index contributed by atoms with van der Waals surface area (Å²) in [6.45, 7) is 5.31. The van der Waals surface area contributed by atoms with Crippen LogP contribution in [0.5, 0.6) is 0 Å². The molecule has 31 heavy (non-hydrogen) atoms. The lowest BCUT2D eigenvalue weighted by atomic mass is 10.0. The summed E-state index contributed by atoms with van der Waals surface area (Å²) in [5.41, 5.74) is 2.68. The third-order valence-electron chi connectivity index (χ3n) is 5.41. The predicted octanol–water partition coefficient (Wildman–Crippen LogP) is 5.55. The molecule has 3 aromatic rings. The summed E-state index contributed by atoms with van der Waals surface area (Å²) < 4.78 is 2.08. The molecule has 0 amide bonds. The van der Waals surface area contributed by atoms with Crippen LogP contribution in [-0.2, 0) is 19.4 Å². The fourth-order valence-corrected chi connectivity index (χ4v) is 3.68. The average molecular weight is 421 g/mol. The number of carboxylic acids is 1. The first-order valence-corrected chi connectivity index (χ1v) is 11.3. The van der Waals surface area contributed by atoms with Crippen LogP contribution in [0.3, 0.4) is 0 Å². The number of carbonyl (C=O) groups is 1.